The van der Waals surface area contributed by atoms with Gasteiger partial charge in [-0.2, -0.15) is 13.2 Å². The Balaban J connectivity index is 2.20. The van der Waals surface area contributed by atoms with Gasteiger partial charge in [0.25, 0.3) is 0 Å². The van der Waals surface area contributed by atoms with Crippen LogP contribution < -0.4 is 0 Å². The number of halogens is 3. The maximum atomic E-state index is 12.0. The second-order valence-corrected chi connectivity index (χ2v) is 5.25. The van der Waals surface area contributed by atoms with E-state index >= 15 is 0 Å². The Labute approximate surface area is 104 Å². The maximum absolute atomic E-state index is 12.0. The van der Waals surface area contributed by atoms with Crippen LogP contribution in [0.4, 0.5) is 13.2 Å². The van der Waals surface area contributed by atoms with Gasteiger partial charge in [0.05, 0.1) is 5.75 Å². The summed E-state index contributed by atoms with van der Waals surface area (Å²) in [6.07, 6.45) is 0. The highest BCUT2D eigenvalue weighted by Crippen LogP contribution is 2.32. The molecule has 1 aromatic heterocycles. The van der Waals surface area contributed by atoms with E-state index in [-0.39, 0.29) is 11.8 Å². The third-order valence-corrected chi connectivity index (χ3v) is 3.85. The molecule has 2 rings (SSSR count). The molecule has 0 N–H and O–H groups in total. The molecule has 0 aliphatic carbocycles. The van der Waals surface area contributed by atoms with E-state index in [2.05, 4.69) is 0 Å². The fourth-order valence-corrected chi connectivity index (χ4v) is 2.83. The van der Waals surface area contributed by atoms with E-state index in [0.29, 0.717) is 5.56 Å². The van der Waals surface area contributed by atoms with Gasteiger partial charge in [0.2, 0.25) is 0 Å². The van der Waals surface area contributed by atoms with Gasteiger partial charge in [-0.05, 0) is 17.8 Å². The maximum Gasteiger partial charge on any atom is 0.442 e. The predicted molar refractivity (Wildman–Crippen MR) is 64.7 cm³/mol. The fourth-order valence-electron chi connectivity index (χ4n) is 1.42. The van der Waals surface area contributed by atoms with Crippen molar-refractivity contribution in [2.24, 2.45) is 0 Å². The molecule has 1 aromatic carbocycles. The van der Waals surface area contributed by atoms with Crippen LogP contribution in [0.1, 0.15) is 10.4 Å². The van der Waals surface area contributed by atoms with Crippen LogP contribution in [-0.4, -0.2) is 17.0 Å². The molecule has 0 aliphatic heterocycles. The number of alkyl halides is 3. The monoisotopic (exact) mass is 276 g/mol. The van der Waals surface area contributed by atoms with Crippen molar-refractivity contribution in [1.82, 2.24) is 0 Å². The highest BCUT2D eigenvalue weighted by molar-refractivity contribution is 8.00. The Bertz CT molecular complexity index is 545. The number of hydrogen-bond donors (Lipinski definition) is 0. The average Bonchev–Trinajstić information content (AvgIpc) is 2.68. The summed E-state index contributed by atoms with van der Waals surface area (Å²) in [6, 6.07) is 7.19. The molecule has 1 heterocycles. The Morgan fingerprint density at radius 2 is 2.00 bits per heavy atom. The highest BCUT2D eigenvalue weighted by atomic mass is 32.2. The molecular formula is C11H7F3OS2. The van der Waals surface area contributed by atoms with Gasteiger partial charge < -0.3 is 0 Å². The number of thiophene rings is 1. The normalized spacial score (nSPS) is 11.9. The second kappa shape index (κ2) is 4.70. The SMILES string of the molecule is O=C(CSC(F)(F)F)c1csc2ccccc12. The third-order valence-electron chi connectivity index (χ3n) is 2.15. The minimum absolute atomic E-state index is 0.296. The van der Waals surface area contributed by atoms with Gasteiger partial charge in [-0.1, -0.05) is 18.2 Å². The van der Waals surface area contributed by atoms with E-state index in [4.69, 9.17) is 0 Å². The van der Waals surface area contributed by atoms with Crippen LogP contribution in [0.3, 0.4) is 0 Å². The van der Waals surface area contributed by atoms with Gasteiger partial charge in [0.1, 0.15) is 0 Å². The van der Waals surface area contributed by atoms with Gasteiger partial charge >= 0.3 is 5.51 Å². The zero-order chi connectivity index (χ0) is 12.5. The summed E-state index contributed by atoms with van der Waals surface area (Å²) >= 11 is 1.07. The van der Waals surface area contributed by atoms with Gasteiger partial charge in [-0.3, -0.25) is 4.79 Å². The van der Waals surface area contributed by atoms with E-state index in [1.54, 1.807) is 17.5 Å². The largest absolute Gasteiger partial charge is 0.442 e. The zero-order valence-electron chi connectivity index (χ0n) is 8.45. The molecule has 17 heavy (non-hydrogen) atoms. The van der Waals surface area contributed by atoms with Crippen LogP contribution in [0.2, 0.25) is 0 Å². The molecule has 1 nitrogen and oxygen atoms in total. The lowest BCUT2D eigenvalue weighted by Gasteiger charge is -2.04. The zero-order valence-corrected chi connectivity index (χ0v) is 10.1. The summed E-state index contributed by atoms with van der Waals surface area (Å²) in [5.74, 6) is -1.05. The van der Waals surface area contributed by atoms with Crippen molar-refractivity contribution in [1.29, 1.82) is 0 Å². The number of ketones is 1. The van der Waals surface area contributed by atoms with Crippen LogP contribution in [0.25, 0.3) is 10.1 Å². The lowest BCUT2D eigenvalue weighted by molar-refractivity contribution is -0.0327. The molecule has 0 saturated heterocycles. The quantitative estimate of drug-likeness (QED) is 0.776. The Morgan fingerprint density at radius 1 is 1.29 bits per heavy atom. The lowest BCUT2D eigenvalue weighted by Crippen LogP contribution is -2.08. The first-order valence-corrected chi connectivity index (χ1v) is 6.54. The summed E-state index contributed by atoms with van der Waals surface area (Å²) in [5.41, 5.74) is -3.98. The van der Waals surface area contributed by atoms with Crippen molar-refractivity contribution in [3.8, 4) is 0 Å². The minimum Gasteiger partial charge on any atom is -0.293 e. The summed E-state index contributed by atoms with van der Waals surface area (Å²) < 4.78 is 36.9. The summed E-state index contributed by atoms with van der Waals surface area (Å²) in [7, 11) is 0. The smallest absolute Gasteiger partial charge is 0.293 e. The number of thioether (sulfide) groups is 1. The predicted octanol–water partition coefficient (Wildman–Crippen LogP) is 4.34. The van der Waals surface area contributed by atoms with Crippen molar-refractivity contribution in [3.63, 3.8) is 0 Å². The van der Waals surface area contributed by atoms with Gasteiger partial charge in [-0.25, -0.2) is 0 Å². The molecule has 0 unspecified atom stereocenters. The van der Waals surface area contributed by atoms with Crippen molar-refractivity contribution < 1.29 is 18.0 Å². The highest BCUT2D eigenvalue weighted by Gasteiger charge is 2.29. The molecule has 0 bridgehead atoms. The number of rotatable bonds is 3. The number of benzene rings is 1. The lowest BCUT2D eigenvalue weighted by atomic mass is 10.1. The first-order valence-electron chi connectivity index (χ1n) is 4.67. The Kier molecular flexibility index (Phi) is 3.44. The van der Waals surface area contributed by atoms with Gasteiger partial charge in [-0.15, -0.1) is 11.3 Å². The van der Waals surface area contributed by atoms with Crippen LogP contribution >= 0.6 is 23.1 Å². The third kappa shape index (κ3) is 3.01. The summed E-state index contributed by atoms with van der Waals surface area (Å²) in [5, 5.41) is 2.34. The van der Waals surface area contributed by atoms with E-state index < -0.39 is 17.0 Å². The van der Waals surface area contributed by atoms with Gasteiger partial charge in [0, 0.05) is 21.0 Å². The van der Waals surface area contributed by atoms with Crippen molar-refractivity contribution >= 4 is 39.0 Å². The van der Waals surface area contributed by atoms with Crippen molar-refractivity contribution in [2.45, 2.75) is 5.51 Å². The molecular weight excluding hydrogens is 269 g/mol. The average molecular weight is 276 g/mol. The Hall–Kier alpha value is -1.01. The minimum atomic E-state index is -4.36. The first-order chi connectivity index (χ1) is 7.97. The van der Waals surface area contributed by atoms with Crippen molar-refractivity contribution in [3.05, 3.63) is 35.2 Å². The fraction of sp³-hybridized carbons (Fsp3) is 0.182. The molecule has 0 atom stereocenters. The molecule has 90 valence electrons. The molecule has 0 spiro atoms. The van der Waals surface area contributed by atoms with Crippen LogP contribution in [0.15, 0.2) is 29.6 Å². The second-order valence-electron chi connectivity index (χ2n) is 3.30. The van der Waals surface area contributed by atoms with E-state index in [0.717, 1.165) is 10.1 Å². The first kappa shape index (κ1) is 12.4. The standard InChI is InChI=1S/C11H7F3OS2/c12-11(13,14)17-6-9(15)8-5-16-10-4-2-1-3-7(8)10/h1-5H,6H2. The molecule has 2 aromatic rings. The number of fused-ring (bicyclic) bond motifs is 1. The van der Waals surface area contributed by atoms with Crippen LogP contribution in [-0.2, 0) is 0 Å². The van der Waals surface area contributed by atoms with Crippen molar-refractivity contribution in [2.75, 3.05) is 5.75 Å². The molecule has 0 aliphatic rings. The molecule has 0 saturated carbocycles. The van der Waals surface area contributed by atoms with E-state index in [1.807, 2.05) is 12.1 Å². The topological polar surface area (TPSA) is 17.1 Å². The summed E-state index contributed by atoms with van der Waals surface area (Å²) in [4.78, 5) is 11.7. The van der Waals surface area contributed by atoms with Crippen LogP contribution in [0.5, 0.6) is 0 Å². The molecule has 0 amide bonds. The molecule has 0 radical (unpaired) electrons. The number of hydrogen-bond acceptors (Lipinski definition) is 3. The Morgan fingerprint density at radius 3 is 2.71 bits per heavy atom. The van der Waals surface area contributed by atoms with Crippen LogP contribution in [0, 0.1) is 0 Å². The molecule has 0 fully saturated rings. The number of carbonyl (C=O) groups is 1. The van der Waals surface area contributed by atoms with E-state index in [9.17, 15) is 18.0 Å². The molecule has 6 heteroatoms. The number of Topliss-reactive ketones (excluding diaryl/α,β-unsaturated/α-hetero) is 1. The summed E-state index contributed by atoms with van der Waals surface area (Å²) in [6.45, 7) is 0. The van der Waals surface area contributed by atoms with Gasteiger partial charge in [0.15, 0.2) is 5.78 Å². The number of carbonyl (C=O) groups excluding carboxylic acids is 1. The van der Waals surface area contributed by atoms with E-state index in [1.165, 1.54) is 11.3 Å².